The van der Waals surface area contributed by atoms with Crippen LogP contribution >= 0.6 is 0 Å². The van der Waals surface area contributed by atoms with Crippen LogP contribution in [0.4, 0.5) is 11.4 Å². The van der Waals surface area contributed by atoms with E-state index in [0.29, 0.717) is 13.2 Å². The summed E-state index contributed by atoms with van der Waals surface area (Å²) in [6.07, 6.45) is 8.50. The Morgan fingerprint density at radius 3 is 1.47 bits per heavy atom. The van der Waals surface area contributed by atoms with E-state index in [-0.39, 0.29) is 12.2 Å². The molecule has 0 radical (unpaired) electrons. The molecule has 0 amide bonds. The van der Waals surface area contributed by atoms with Gasteiger partial charge in [-0.3, -0.25) is 9.98 Å². The zero-order valence-corrected chi connectivity index (χ0v) is 20.4. The Labute approximate surface area is 212 Å². The lowest BCUT2D eigenvalue weighted by Gasteiger charge is -2.11. The zero-order chi connectivity index (χ0) is 24.4. The highest BCUT2D eigenvalue weighted by molar-refractivity contribution is 5.86. The molecule has 2 fully saturated rings. The van der Waals surface area contributed by atoms with Crippen LogP contribution in [0.3, 0.4) is 0 Å². The van der Waals surface area contributed by atoms with Crippen LogP contribution in [0, 0.1) is 0 Å². The first-order chi connectivity index (χ1) is 17.8. The van der Waals surface area contributed by atoms with Gasteiger partial charge in [-0.25, -0.2) is 0 Å². The topological polar surface area (TPSA) is 61.6 Å². The Hall–Kier alpha value is -3.48. The van der Waals surface area contributed by atoms with Crippen molar-refractivity contribution in [3.8, 4) is 11.5 Å². The average Bonchev–Trinajstić information content (AvgIpc) is 3.65. The summed E-state index contributed by atoms with van der Waals surface area (Å²) in [6.45, 7) is 2.88. The minimum Gasteiger partial charge on any atom is -0.491 e. The van der Waals surface area contributed by atoms with E-state index in [4.69, 9.17) is 18.9 Å². The quantitative estimate of drug-likeness (QED) is 0.317. The van der Waals surface area contributed by atoms with Crippen LogP contribution in [-0.4, -0.2) is 51.1 Å². The standard InChI is InChI=1S/C30H32N2O4/c1-2-8-30(32-20-24-11-15-26(16-12-24)36-22-28-6-4-18-34-28)29(7-1)31-19-23-9-13-25(14-10-23)35-21-27-5-3-17-33-27/h1-2,7-16,19-20,27-28H,3-6,17-18,21-22H2/t27-,28-/m1/s1. The molecule has 0 N–H and O–H groups in total. The fourth-order valence-corrected chi connectivity index (χ4v) is 4.20. The number of nitrogens with zero attached hydrogens (tertiary/aromatic N) is 2. The number of rotatable bonds is 10. The molecule has 2 heterocycles. The van der Waals surface area contributed by atoms with Crippen molar-refractivity contribution in [2.24, 2.45) is 9.98 Å². The fourth-order valence-electron chi connectivity index (χ4n) is 4.20. The average molecular weight is 485 g/mol. The van der Waals surface area contributed by atoms with Gasteiger partial charge in [0.05, 0.1) is 23.6 Å². The number of aliphatic imine (C=N–C) groups is 2. The van der Waals surface area contributed by atoms with E-state index in [9.17, 15) is 0 Å². The van der Waals surface area contributed by atoms with Gasteiger partial charge in [0.1, 0.15) is 24.7 Å². The lowest BCUT2D eigenvalue weighted by Crippen LogP contribution is -2.16. The molecule has 3 aromatic rings. The summed E-state index contributed by atoms with van der Waals surface area (Å²) < 4.78 is 22.9. The third kappa shape index (κ3) is 7.03. The summed E-state index contributed by atoms with van der Waals surface area (Å²) in [5.41, 5.74) is 3.61. The Morgan fingerprint density at radius 2 is 1.08 bits per heavy atom. The van der Waals surface area contributed by atoms with Gasteiger partial charge in [-0.2, -0.15) is 0 Å². The van der Waals surface area contributed by atoms with E-state index in [0.717, 1.165) is 72.9 Å². The van der Waals surface area contributed by atoms with Gasteiger partial charge in [0.25, 0.3) is 0 Å². The smallest absolute Gasteiger partial charge is 0.119 e. The van der Waals surface area contributed by atoms with E-state index in [1.807, 2.05) is 85.2 Å². The van der Waals surface area contributed by atoms with Gasteiger partial charge in [-0.05, 0) is 97.5 Å². The molecule has 2 aliphatic heterocycles. The maximum absolute atomic E-state index is 5.84. The van der Waals surface area contributed by atoms with Crippen molar-refractivity contribution < 1.29 is 18.9 Å². The van der Waals surface area contributed by atoms with Gasteiger partial charge < -0.3 is 18.9 Å². The van der Waals surface area contributed by atoms with E-state index in [1.54, 1.807) is 0 Å². The first-order valence-electron chi connectivity index (χ1n) is 12.7. The highest BCUT2D eigenvalue weighted by atomic mass is 16.5. The number of benzene rings is 3. The van der Waals surface area contributed by atoms with E-state index in [2.05, 4.69) is 9.98 Å². The van der Waals surface area contributed by atoms with Gasteiger partial charge in [0.15, 0.2) is 0 Å². The van der Waals surface area contributed by atoms with E-state index < -0.39 is 0 Å². The molecule has 186 valence electrons. The summed E-state index contributed by atoms with van der Waals surface area (Å²) >= 11 is 0. The van der Waals surface area contributed by atoms with E-state index >= 15 is 0 Å². The Bertz CT molecular complexity index is 1050. The predicted molar refractivity (Wildman–Crippen MR) is 143 cm³/mol. The third-order valence-electron chi connectivity index (χ3n) is 6.27. The lowest BCUT2D eigenvalue weighted by atomic mass is 10.2. The molecule has 6 nitrogen and oxygen atoms in total. The van der Waals surface area contributed by atoms with Crippen LogP contribution in [0.5, 0.6) is 11.5 Å². The molecule has 0 aromatic heterocycles. The molecule has 6 heteroatoms. The monoisotopic (exact) mass is 484 g/mol. The van der Waals surface area contributed by atoms with Crippen molar-refractivity contribution in [2.45, 2.75) is 37.9 Å². The van der Waals surface area contributed by atoms with Crippen molar-refractivity contribution in [1.82, 2.24) is 0 Å². The largest absolute Gasteiger partial charge is 0.491 e. The number of hydrogen-bond acceptors (Lipinski definition) is 6. The summed E-state index contributed by atoms with van der Waals surface area (Å²) in [4.78, 5) is 9.34. The highest BCUT2D eigenvalue weighted by Gasteiger charge is 2.16. The summed E-state index contributed by atoms with van der Waals surface area (Å²) in [5, 5.41) is 0. The predicted octanol–water partition coefficient (Wildman–Crippen LogP) is 6.30. The minimum atomic E-state index is 0.214. The maximum Gasteiger partial charge on any atom is 0.119 e. The molecule has 0 spiro atoms. The van der Waals surface area contributed by atoms with Crippen LogP contribution in [0.2, 0.25) is 0 Å². The third-order valence-corrected chi connectivity index (χ3v) is 6.27. The molecule has 2 atom stereocenters. The summed E-state index contributed by atoms with van der Waals surface area (Å²) in [7, 11) is 0. The molecular weight excluding hydrogens is 452 g/mol. The van der Waals surface area contributed by atoms with Gasteiger partial charge in [0, 0.05) is 25.6 Å². The van der Waals surface area contributed by atoms with Crippen LogP contribution in [0.15, 0.2) is 82.8 Å². The Balaban J connectivity index is 1.16. The molecular formula is C30H32N2O4. The first-order valence-corrected chi connectivity index (χ1v) is 12.7. The molecule has 5 rings (SSSR count). The molecule has 0 saturated carbocycles. The Kier molecular flexibility index (Phi) is 8.39. The van der Waals surface area contributed by atoms with Crippen molar-refractivity contribution in [3.63, 3.8) is 0 Å². The molecule has 3 aromatic carbocycles. The second kappa shape index (κ2) is 12.5. The SMILES string of the molecule is C(=Nc1ccccc1N=Cc1ccc(OC[C@H]2CCCO2)cc1)c1ccc(OC[C@H]2CCCO2)cc1. The molecule has 0 unspecified atom stereocenters. The highest BCUT2D eigenvalue weighted by Crippen LogP contribution is 2.27. The van der Waals surface area contributed by atoms with Crippen molar-refractivity contribution in [3.05, 3.63) is 83.9 Å². The zero-order valence-electron chi connectivity index (χ0n) is 20.4. The number of hydrogen-bond donors (Lipinski definition) is 0. The fraction of sp³-hybridized carbons (Fsp3) is 0.333. The minimum absolute atomic E-state index is 0.214. The van der Waals surface area contributed by atoms with Gasteiger partial charge in [0.2, 0.25) is 0 Å². The Morgan fingerprint density at radius 1 is 0.639 bits per heavy atom. The number of para-hydroxylation sites is 2. The van der Waals surface area contributed by atoms with E-state index in [1.165, 1.54) is 0 Å². The molecule has 0 aliphatic carbocycles. The second-order valence-corrected chi connectivity index (χ2v) is 9.04. The van der Waals surface area contributed by atoms with Crippen LogP contribution in [0.1, 0.15) is 36.8 Å². The van der Waals surface area contributed by atoms with Crippen LogP contribution in [-0.2, 0) is 9.47 Å². The number of ether oxygens (including phenoxy) is 4. The normalized spacial score (nSPS) is 19.9. The van der Waals surface area contributed by atoms with Gasteiger partial charge >= 0.3 is 0 Å². The van der Waals surface area contributed by atoms with Crippen molar-refractivity contribution >= 4 is 23.8 Å². The van der Waals surface area contributed by atoms with Crippen molar-refractivity contribution in [2.75, 3.05) is 26.4 Å². The van der Waals surface area contributed by atoms with Crippen molar-refractivity contribution in [1.29, 1.82) is 0 Å². The molecule has 36 heavy (non-hydrogen) atoms. The van der Waals surface area contributed by atoms with Gasteiger partial charge in [-0.15, -0.1) is 0 Å². The molecule has 2 aliphatic rings. The van der Waals surface area contributed by atoms with Gasteiger partial charge in [-0.1, -0.05) is 12.1 Å². The first kappa shape index (κ1) is 24.2. The maximum atomic E-state index is 5.84. The van der Waals surface area contributed by atoms with Crippen LogP contribution < -0.4 is 9.47 Å². The van der Waals surface area contributed by atoms with Crippen LogP contribution in [0.25, 0.3) is 0 Å². The second-order valence-electron chi connectivity index (χ2n) is 9.04. The lowest BCUT2D eigenvalue weighted by molar-refractivity contribution is 0.0679. The molecule has 0 bridgehead atoms. The summed E-state index contributed by atoms with van der Waals surface area (Å²) in [6, 6.07) is 23.7. The molecule has 2 saturated heterocycles. The summed E-state index contributed by atoms with van der Waals surface area (Å²) in [5.74, 6) is 1.69.